The molecule has 1 amide bonds. The Morgan fingerprint density at radius 1 is 1.21 bits per heavy atom. The standard InChI is InChI=1S/C19H25N3O2/c1-13-7-9-15(10-8-13)19-22-21-18(24-19)12-11-17(23)20-16-6-4-3-5-14(16)2/h7-10,14,16H,3-6,11-12H2,1-2H3,(H,20,23)/t14-,16+/m1/s1. The predicted molar refractivity (Wildman–Crippen MR) is 92.4 cm³/mol. The van der Waals surface area contributed by atoms with Crippen LogP contribution >= 0.6 is 0 Å². The molecule has 2 atom stereocenters. The summed E-state index contributed by atoms with van der Waals surface area (Å²) in [7, 11) is 0. The second kappa shape index (κ2) is 7.60. The molecule has 0 spiro atoms. The topological polar surface area (TPSA) is 68.0 Å². The molecule has 0 radical (unpaired) electrons. The number of carbonyl (C=O) groups is 1. The van der Waals surface area contributed by atoms with Gasteiger partial charge in [-0.25, -0.2) is 0 Å². The van der Waals surface area contributed by atoms with Gasteiger partial charge in [-0.1, -0.05) is 37.5 Å². The fourth-order valence-corrected chi connectivity index (χ4v) is 3.20. The summed E-state index contributed by atoms with van der Waals surface area (Å²) in [6.45, 7) is 4.25. The third-order valence-electron chi connectivity index (χ3n) is 4.79. The fourth-order valence-electron chi connectivity index (χ4n) is 3.20. The van der Waals surface area contributed by atoms with E-state index in [-0.39, 0.29) is 5.91 Å². The monoisotopic (exact) mass is 327 g/mol. The van der Waals surface area contributed by atoms with Crippen LogP contribution in [0.15, 0.2) is 28.7 Å². The average molecular weight is 327 g/mol. The molecule has 1 fully saturated rings. The summed E-state index contributed by atoms with van der Waals surface area (Å²) < 4.78 is 5.67. The first-order valence-corrected chi connectivity index (χ1v) is 8.80. The number of aryl methyl sites for hydroxylation is 2. The Morgan fingerprint density at radius 3 is 2.71 bits per heavy atom. The van der Waals surface area contributed by atoms with Gasteiger partial charge in [0.15, 0.2) is 0 Å². The van der Waals surface area contributed by atoms with Crippen LogP contribution in [0, 0.1) is 12.8 Å². The number of benzene rings is 1. The van der Waals surface area contributed by atoms with Crippen LogP contribution < -0.4 is 5.32 Å². The molecule has 2 aromatic rings. The highest BCUT2D eigenvalue weighted by atomic mass is 16.4. The predicted octanol–water partition coefficient (Wildman–Crippen LogP) is 3.67. The summed E-state index contributed by atoms with van der Waals surface area (Å²) in [5.74, 6) is 1.66. The van der Waals surface area contributed by atoms with Crippen molar-refractivity contribution in [1.82, 2.24) is 15.5 Å². The van der Waals surface area contributed by atoms with E-state index in [0.717, 1.165) is 12.0 Å². The van der Waals surface area contributed by atoms with Gasteiger partial charge >= 0.3 is 0 Å². The van der Waals surface area contributed by atoms with Crippen LogP contribution in [0.3, 0.4) is 0 Å². The van der Waals surface area contributed by atoms with E-state index in [0.29, 0.717) is 36.6 Å². The minimum atomic E-state index is 0.0730. The van der Waals surface area contributed by atoms with E-state index in [1.165, 1.54) is 24.8 Å². The highest BCUT2D eigenvalue weighted by Gasteiger charge is 2.22. The van der Waals surface area contributed by atoms with Gasteiger partial charge in [-0.2, -0.15) is 0 Å². The Kier molecular flexibility index (Phi) is 5.28. The molecule has 1 heterocycles. The van der Waals surface area contributed by atoms with Crippen LogP contribution in [0.4, 0.5) is 0 Å². The van der Waals surface area contributed by atoms with Crippen LogP contribution in [0.25, 0.3) is 11.5 Å². The van der Waals surface area contributed by atoms with Crippen molar-refractivity contribution >= 4 is 5.91 Å². The number of amides is 1. The summed E-state index contributed by atoms with van der Waals surface area (Å²) in [5, 5.41) is 11.3. The van der Waals surface area contributed by atoms with Gasteiger partial charge in [-0.15, -0.1) is 10.2 Å². The normalized spacial score (nSPS) is 20.8. The zero-order valence-electron chi connectivity index (χ0n) is 14.4. The van der Waals surface area contributed by atoms with Crippen molar-refractivity contribution in [3.8, 4) is 11.5 Å². The van der Waals surface area contributed by atoms with Crippen molar-refractivity contribution in [3.05, 3.63) is 35.7 Å². The third-order valence-corrected chi connectivity index (χ3v) is 4.79. The largest absolute Gasteiger partial charge is 0.421 e. The summed E-state index contributed by atoms with van der Waals surface area (Å²) in [5.41, 5.74) is 2.09. The average Bonchev–Trinajstić information content (AvgIpc) is 3.05. The summed E-state index contributed by atoms with van der Waals surface area (Å²) in [6, 6.07) is 8.26. The molecule has 1 aromatic heterocycles. The lowest BCUT2D eigenvalue weighted by atomic mass is 9.86. The van der Waals surface area contributed by atoms with E-state index >= 15 is 0 Å². The lowest BCUT2D eigenvalue weighted by Crippen LogP contribution is -2.41. The summed E-state index contributed by atoms with van der Waals surface area (Å²) >= 11 is 0. The Morgan fingerprint density at radius 2 is 1.96 bits per heavy atom. The maximum Gasteiger partial charge on any atom is 0.247 e. The van der Waals surface area contributed by atoms with Gasteiger partial charge in [-0.3, -0.25) is 4.79 Å². The molecular formula is C19H25N3O2. The van der Waals surface area contributed by atoms with E-state index in [4.69, 9.17) is 4.42 Å². The van der Waals surface area contributed by atoms with Gasteiger partial charge in [0, 0.05) is 24.4 Å². The first-order valence-electron chi connectivity index (χ1n) is 8.80. The lowest BCUT2D eigenvalue weighted by Gasteiger charge is -2.29. The fraction of sp³-hybridized carbons (Fsp3) is 0.526. The minimum absolute atomic E-state index is 0.0730. The Hall–Kier alpha value is -2.17. The Balaban J connectivity index is 1.51. The van der Waals surface area contributed by atoms with Gasteiger partial charge in [-0.05, 0) is 37.8 Å². The number of nitrogens with one attached hydrogen (secondary N) is 1. The molecule has 1 N–H and O–H groups in total. The zero-order chi connectivity index (χ0) is 16.9. The molecule has 5 nitrogen and oxygen atoms in total. The number of hydrogen-bond acceptors (Lipinski definition) is 4. The molecule has 24 heavy (non-hydrogen) atoms. The molecule has 0 aliphatic heterocycles. The molecule has 0 saturated heterocycles. The lowest BCUT2D eigenvalue weighted by molar-refractivity contribution is -0.122. The van der Waals surface area contributed by atoms with Crippen LogP contribution in [-0.4, -0.2) is 22.1 Å². The van der Waals surface area contributed by atoms with E-state index < -0.39 is 0 Å². The van der Waals surface area contributed by atoms with Gasteiger partial charge in [0.1, 0.15) is 0 Å². The van der Waals surface area contributed by atoms with Crippen molar-refractivity contribution < 1.29 is 9.21 Å². The van der Waals surface area contributed by atoms with Crippen molar-refractivity contribution in [3.63, 3.8) is 0 Å². The molecular weight excluding hydrogens is 302 g/mol. The molecule has 128 valence electrons. The molecule has 0 unspecified atom stereocenters. The SMILES string of the molecule is Cc1ccc(-c2nnc(CCC(=O)N[C@H]3CCCC[C@H]3C)o2)cc1. The highest BCUT2D eigenvalue weighted by Crippen LogP contribution is 2.24. The molecule has 1 aromatic carbocycles. The van der Waals surface area contributed by atoms with Gasteiger partial charge < -0.3 is 9.73 Å². The van der Waals surface area contributed by atoms with Crippen LogP contribution in [0.2, 0.25) is 0 Å². The minimum Gasteiger partial charge on any atom is -0.421 e. The molecule has 1 aliphatic rings. The molecule has 5 heteroatoms. The van der Waals surface area contributed by atoms with Crippen LogP contribution in [0.5, 0.6) is 0 Å². The van der Waals surface area contributed by atoms with E-state index in [1.54, 1.807) is 0 Å². The van der Waals surface area contributed by atoms with Crippen molar-refractivity contribution in [2.45, 2.75) is 58.4 Å². The maximum atomic E-state index is 12.1. The zero-order valence-corrected chi connectivity index (χ0v) is 14.4. The van der Waals surface area contributed by atoms with Crippen LogP contribution in [-0.2, 0) is 11.2 Å². The second-order valence-corrected chi connectivity index (χ2v) is 6.80. The van der Waals surface area contributed by atoms with Crippen molar-refractivity contribution in [1.29, 1.82) is 0 Å². The van der Waals surface area contributed by atoms with E-state index in [2.05, 4.69) is 22.4 Å². The van der Waals surface area contributed by atoms with Gasteiger partial charge in [0.2, 0.25) is 17.7 Å². The number of rotatable bonds is 5. The molecule has 1 aliphatic carbocycles. The van der Waals surface area contributed by atoms with Gasteiger partial charge in [0.05, 0.1) is 0 Å². The summed E-state index contributed by atoms with van der Waals surface area (Å²) in [4.78, 5) is 12.1. The number of nitrogens with zero attached hydrogens (tertiary/aromatic N) is 2. The van der Waals surface area contributed by atoms with E-state index in [9.17, 15) is 4.79 Å². The first kappa shape index (κ1) is 16.7. The first-order chi connectivity index (χ1) is 11.6. The Bertz CT molecular complexity index is 678. The quantitative estimate of drug-likeness (QED) is 0.910. The van der Waals surface area contributed by atoms with Gasteiger partial charge in [0.25, 0.3) is 0 Å². The summed E-state index contributed by atoms with van der Waals surface area (Å²) in [6.07, 6.45) is 5.64. The van der Waals surface area contributed by atoms with Crippen LogP contribution in [0.1, 0.15) is 50.5 Å². The van der Waals surface area contributed by atoms with Crippen molar-refractivity contribution in [2.75, 3.05) is 0 Å². The Labute approximate surface area is 142 Å². The smallest absolute Gasteiger partial charge is 0.247 e. The number of hydrogen-bond donors (Lipinski definition) is 1. The number of carbonyl (C=O) groups excluding carboxylic acids is 1. The third kappa shape index (κ3) is 4.22. The van der Waals surface area contributed by atoms with Crippen molar-refractivity contribution in [2.24, 2.45) is 5.92 Å². The molecule has 3 rings (SSSR count). The highest BCUT2D eigenvalue weighted by molar-refractivity contribution is 5.76. The molecule has 0 bridgehead atoms. The second-order valence-electron chi connectivity index (χ2n) is 6.80. The van der Waals surface area contributed by atoms with E-state index in [1.807, 2.05) is 31.2 Å². The molecule has 1 saturated carbocycles. The maximum absolute atomic E-state index is 12.1. The number of aromatic nitrogens is 2.